The molecule has 3 aromatic rings. The molecule has 0 saturated heterocycles. The SMILES string of the molecule is CN=C(NCCCc1nn(-c2ccc(C)cc2)c(N)c1C#N)Nc1ccc(OC)c(OC)c1.I. The van der Waals surface area contributed by atoms with Gasteiger partial charge in [-0.2, -0.15) is 10.4 Å². The number of anilines is 2. The van der Waals surface area contributed by atoms with E-state index in [0.717, 1.165) is 23.4 Å². The van der Waals surface area contributed by atoms with E-state index >= 15 is 0 Å². The topological polar surface area (TPSA) is 123 Å². The predicted molar refractivity (Wildman–Crippen MR) is 146 cm³/mol. The lowest BCUT2D eigenvalue weighted by Gasteiger charge is -2.14. The number of hydrogen-bond donors (Lipinski definition) is 3. The normalized spacial score (nSPS) is 10.7. The van der Waals surface area contributed by atoms with Gasteiger partial charge in [0.15, 0.2) is 17.5 Å². The first kappa shape index (κ1) is 26.8. The molecule has 1 heterocycles. The van der Waals surface area contributed by atoms with Crippen molar-refractivity contribution in [2.24, 2.45) is 4.99 Å². The van der Waals surface area contributed by atoms with Crippen molar-refractivity contribution in [3.05, 3.63) is 59.3 Å². The first-order chi connectivity index (χ1) is 16.0. The molecule has 10 heteroatoms. The van der Waals surface area contributed by atoms with Crippen molar-refractivity contribution in [3.8, 4) is 23.3 Å². The van der Waals surface area contributed by atoms with E-state index in [1.54, 1.807) is 25.9 Å². The van der Waals surface area contributed by atoms with E-state index in [9.17, 15) is 5.26 Å². The monoisotopic (exact) mass is 575 g/mol. The van der Waals surface area contributed by atoms with Crippen LogP contribution in [0.5, 0.6) is 11.5 Å². The first-order valence-corrected chi connectivity index (χ1v) is 10.5. The zero-order chi connectivity index (χ0) is 23.8. The molecule has 9 nitrogen and oxygen atoms in total. The van der Waals surface area contributed by atoms with Crippen molar-refractivity contribution in [2.45, 2.75) is 19.8 Å². The van der Waals surface area contributed by atoms with Gasteiger partial charge in [0.05, 0.1) is 25.6 Å². The Hall–Kier alpha value is -3.46. The minimum Gasteiger partial charge on any atom is -0.493 e. The second-order valence-electron chi connectivity index (χ2n) is 7.36. The van der Waals surface area contributed by atoms with E-state index < -0.39 is 0 Å². The van der Waals surface area contributed by atoms with Gasteiger partial charge >= 0.3 is 0 Å². The molecule has 34 heavy (non-hydrogen) atoms. The van der Waals surface area contributed by atoms with Gasteiger partial charge in [0.2, 0.25) is 0 Å². The Morgan fingerprint density at radius 2 is 1.85 bits per heavy atom. The number of methoxy groups -OCH3 is 2. The molecule has 0 aliphatic carbocycles. The first-order valence-electron chi connectivity index (χ1n) is 10.5. The number of halogens is 1. The van der Waals surface area contributed by atoms with Crippen molar-refractivity contribution in [3.63, 3.8) is 0 Å². The van der Waals surface area contributed by atoms with Gasteiger partial charge in [0.25, 0.3) is 0 Å². The van der Waals surface area contributed by atoms with Gasteiger partial charge in [0, 0.05) is 25.3 Å². The molecule has 0 aliphatic heterocycles. The molecule has 0 amide bonds. The van der Waals surface area contributed by atoms with Crippen LogP contribution in [0.4, 0.5) is 11.5 Å². The van der Waals surface area contributed by atoms with Crippen LogP contribution in [0.3, 0.4) is 0 Å². The number of benzene rings is 2. The summed E-state index contributed by atoms with van der Waals surface area (Å²) in [6.45, 7) is 2.65. The average molecular weight is 575 g/mol. The van der Waals surface area contributed by atoms with Gasteiger partial charge in [-0.15, -0.1) is 24.0 Å². The quantitative estimate of drug-likeness (QED) is 0.161. The molecule has 0 spiro atoms. The summed E-state index contributed by atoms with van der Waals surface area (Å²) < 4.78 is 12.2. The number of guanidine groups is 1. The van der Waals surface area contributed by atoms with Gasteiger partial charge in [-0.3, -0.25) is 4.99 Å². The Bertz CT molecular complexity index is 1170. The largest absolute Gasteiger partial charge is 0.493 e. The summed E-state index contributed by atoms with van der Waals surface area (Å²) in [5.74, 6) is 2.26. The lowest BCUT2D eigenvalue weighted by atomic mass is 10.1. The number of nitriles is 1. The van der Waals surface area contributed by atoms with Gasteiger partial charge in [-0.05, 0) is 44.0 Å². The lowest BCUT2D eigenvalue weighted by Crippen LogP contribution is -2.31. The van der Waals surface area contributed by atoms with E-state index in [1.165, 1.54) is 0 Å². The molecule has 4 N–H and O–H groups in total. The number of rotatable bonds is 8. The number of aliphatic imine (C=N–C) groups is 1. The van der Waals surface area contributed by atoms with Crippen LogP contribution >= 0.6 is 24.0 Å². The molecule has 0 aliphatic rings. The van der Waals surface area contributed by atoms with Gasteiger partial charge in [-0.25, -0.2) is 4.68 Å². The third-order valence-corrected chi connectivity index (χ3v) is 5.14. The molecule has 0 bridgehead atoms. The fourth-order valence-electron chi connectivity index (χ4n) is 3.35. The fourth-order valence-corrected chi connectivity index (χ4v) is 3.35. The zero-order valence-electron chi connectivity index (χ0n) is 19.8. The molecule has 2 aromatic carbocycles. The maximum absolute atomic E-state index is 9.58. The number of aromatic nitrogens is 2. The zero-order valence-corrected chi connectivity index (χ0v) is 22.1. The number of ether oxygens (including phenoxy) is 2. The molecule has 0 radical (unpaired) electrons. The van der Waals surface area contributed by atoms with Crippen molar-refractivity contribution >= 4 is 41.4 Å². The Morgan fingerprint density at radius 3 is 2.47 bits per heavy atom. The summed E-state index contributed by atoms with van der Waals surface area (Å²) in [6.07, 6.45) is 1.35. The summed E-state index contributed by atoms with van der Waals surface area (Å²) in [5, 5.41) is 20.7. The number of nitrogens with two attached hydrogens (primary N) is 1. The molecule has 0 atom stereocenters. The third-order valence-electron chi connectivity index (χ3n) is 5.14. The number of nitrogen functional groups attached to an aromatic ring is 1. The highest BCUT2D eigenvalue weighted by atomic mass is 127. The molecule has 3 rings (SSSR count). The fraction of sp³-hybridized carbons (Fsp3) is 0.292. The Labute approximate surface area is 217 Å². The highest BCUT2D eigenvalue weighted by molar-refractivity contribution is 14.0. The Kier molecular flexibility index (Phi) is 10.0. The standard InChI is InChI=1S/C24H29N7O2.HI/c1-16-7-10-18(11-8-16)31-23(26)19(15-25)20(30-31)6-5-13-28-24(27-2)29-17-9-12-21(32-3)22(14-17)33-4;/h7-12,14H,5-6,13,26H2,1-4H3,(H2,27,28,29);1H. The predicted octanol–water partition coefficient (Wildman–Crippen LogP) is 3.89. The highest BCUT2D eigenvalue weighted by Gasteiger charge is 2.16. The molecular weight excluding hydrogens is 545 g/mol. The summed E-state index contributed by atoms with van der Waals surface area (Å²) >= 11 is 0. The van der Waals surface area contributed by atoms with Crippen molar-refractivity contribution < 1.29 is 9.47 Å². The van der Waals surface area contributed by atoms with Crippen LogP contribution in [0.1, 0.15) is 23.2 Å². The van der Waals surface area contributed by atoms with Crippen LogP contribution in [0.15, 0.2) is 47.5 Å². The van der Waals surface area contributed by atoms with E-state index in [0.29, 0.717) is 47.5 Å². The van der Waals surface area contributed by atoms with Crippen molar-refractivity contribution in [2.75, 3.05) is 38.9 Å². The smallest absolute Gasteiger partial charge is 0.195 e. The van der Waals surface area contributed by atoms with Crippen LogP contribution in [-0.2, 0) is 6.42 Å². The minimum absolute atomic E-state index is 0. The number of nitrogens with one attached hydrogen (secondary N) is 2. The Balaban J connectivity index is 0.00000408. The molecule has 0 unspecified atom stereocenters. The van der Waals surface area contributed by atoms with Crippen molar-refractivity contribution in [1.29, 1.82) is 5.26 Å². The number of hydrogen-bond acceptors (Lipinski definition) is 6. The summed E-state index contributed by atoms with van der Waals surface area (Å²) in [6, 6.07) is 15.6. The van der Waals surface area contributed by atoms with E-state index in [-0.39, 0.29) is 24.0 Å². The van der Waals surface area contributed by atoms with Gasteiger partial charge in [-0.1, -0.05) is 17.7 Å². The molecule has 0 fully saturated rings. The summed E-state index contributed by atoms with van der Waals surface area (Å²) in [5.41, 5.74) is 10.1. The van der Waals surface area contributed by atoms with E-state index in [1.807, 2.05) is 49.4 Å². The minimum atomic E-state index is 0. The second kappa shape index (κ2) is 12.7. The maximum atomic E-state index is 9.58. The number of aryl methyl sites for hydroxylation is 2. The lowest BCUT2D eigenvalue weighted by molar-refractivity contribution is 0.355. The van der Waals surface area contributed by atoms with Crippen LogP contribution in [0.25, 0.3) is 5.69 Å². The highest BCUT2D eigenvalue weighted by Crippen LogP contribution is 2.29. The average Bonchev–Trinajstić information content (AvgIpc) is 3.16. The van der Waals surface area contributed by atoms with Crippen LogP contribution in [-0.4, -0.2) is 43.6 Å². The second-order valence-corrected chi connectivity index (χ2v) is 7.36. The van der Waals surface area contributed by atoms with E-state index in [2.05, 4.69) is 26.8 Å². The third kappa shape index (κ3) is 6.32. The molecule has 1 aromatic heterocycles. The molecule has 0 saturated carbocycles. The van der Waals surface area contributed by atoms with E-state index in [4.69, 9.17) is 15.2 Å². The van der Waals surface area contributed by atoms with Crippen LogP contribution in [0, 0.1) is 18.3 Å². The molecular formula is C24H30IN7O2. The number of nitrogens with zero attached hydrogens (tertiary/aromatic N) is 4. The van der Waals surface area contributed by atoms with Crippen molar-refractivity contribution in [1.82, 2.24) is 15.1 Å². The van der Waals surface area contributed by atoms with Crippen LogP contribution in [0.2, 0.25) is 0 Å². The Morgan fingerprint density at radius 1 is 1.15 bits per heavy atom. The molecule has 180 valence electrons. The van der Waals surface area contributed by atoms with Crippen LogP contribution < -0.4 is 25.8 Å². The maximum Gasteiger partial charge on any atom is 0.195 e. The summed E-state index contributed by atoms with van der Waals surface area (Å²) in [7, 11) is 4.89. The summed E-state index contributed by atoms with van der Waals surface area (Å²) in [4.78, 5) is 4.25. The van der Waals surface area contributed by atoms with Gasteiger partial charge in [0.1, 0.15) is 17.5 Å². The van der Waals surface area contributed by atoms with Gasteiger partial charge < -0.3 is 25.8 Å².